The first kappa shape index (κ1) is 25.5. The average molecular weight is 480 g/mol. The van der Waals surface area contributed by atoms with Crippen molar-refractivity contribution in [3.63, 3.8) is 0 Å². The summed E-state index contributed by atoms with van der Waals surface area (Å²) < 4.78 is 13.0. The normalized spacial score (nSPS) is 13.0. The molecule has 0 saturated heterocycles. The Balaban J connectivity index is 1.66. The number of aromatic nitrogens is 1. The van der Waals surface area contributed by atoms with Crippen LogP contribution in [-0.2, 0) is 4.43 Å². The van der Waals surface area contributed by atoms with E-state index in [2.05, 4.69) is 106 Å². The molecule has 0 spiro atoms. The van der Waals surface area contributed by atoms with Crippen LogP contribution in [0.25, 0.3) is 0 Å². The molecule has 0 aliphatic carbocycles. The number of aryl methyl sites for hydroxylation is 1. The van der Waals surface area contributed by atoms with E-state index in [4.69, 9.17) is 9.16 Å². The number of hydrogen-bond donors (Lipinski definition) is 1. The third-order valence-electron chi connectivity index (χ3n) is 6.03. The second-order valence-electron chi connectivity index (χ2n) is 9.71. The maximum atomic E-state index is 6.97. The third kappa shape index (κ3) is 6.28. The molecule has 0 N–H and O–H groups in total. The summed E-state index contributed by atoms with van der Waals surface area (Å²) in [5.74, 6) is 0.620. The third-order valence-corrected chi connectivity index (χ3v) is 11.4. The topological polar surface area (TPSA) is 31.4 Å². The van der Waals surface area contributed by atoms with Crippen molar-refractivity contribution in [1.82, 2.24) is 4.98 Å². The van der Waals surface area contributed by atoms with E-state index in [1.54, 1.807) is 0 Å². The molecule has 0 bridgehead atoms. The zero-order valence-corrected chi connectivity index (χ0v) is 22.4. The van der Waals surface area contributed by atoms with Crippen molar-refractivity contribution in [2.75, 3.05) is 6.61 Å². The number of benzene rings is 2. The van der Waals surface area contributed by atoms with Crippen LogP contribution in [0, 0.1) is 6.92 Å². The molecule has 0 radical (unpaired) electrons. The summed E-state index contributed by atoms with van der Waals surface area (Å²) in [5, 5.41) is 2.66. The quantitative estimate of drug-likeness (QED) is 0.214. The lowest BCUT2D eigenvalue weighted by Gasteiger charge is -2.43. The average Bonchev–Trinajstić information content (AvgIpc) is 2.79. The van der Waals surface area contributed by atoms with Gasteiger partial charge in [-0.1, -0.05) is 81.4 Å². The van der Waals surface area contributed by atoms with Gasteiger partial charge in [0.05, 0.1) is 11.0 Å². The van der Waals surface area contributed by atoms with Crippen LogP contribution in [-0.4, -0.2) is 26.0 Å². The first-order valence-corrected chi connectivity index (χ1v) is 14.2. The van der Waals surface area contributed by atoms with E-state index in [9.17, 15) is 0 Å². The molecule has 1 heterocycles. The zero-order chi connectivity index (χ0) is 23.9. The molecule has 5 heteroatoms. The molecule has 1 atom stereocenters. The van der Waals surface area contributed by atoms with Gasteiger partial charge in [-0.25, -0.2) is 4.98 Å². The predicted octanol–water partition coefficient (Wildman–Crippen LogP) is 6.19. The molecule has 3 aromatic rings. The number of pyridine rings is 1. The SMILES string of the molecule is Cc1ccc(S)c(O[C@H](C)CCCCO[Si](c2ccccc2)(c2ccccc2)C(C)(C)C)n1. The summed E-state index contributed by atoms with van der Waals surface area (Å²) in [6, 6.07) is 25.5. The smallest absolute Gasteiger partial charge is 0.261 e. The molecule has 0 fully saturated rings. The molecule has 3 rings (SSSR count). The fourth-order valence-corrected chi connectivity index (χ4v) is 9.17. The Morgan fingerprint density at radius 2 is 1.45 bits per heavy atom. The van der Waals surface area contributed by atoms with Gasteiger partial charge in [0, 0.05) is 12.3 Å². The van der Waals surface area contributed by atoms with Crippen LogP contribution in [0.1, 0.15) is 52.7 Å². The van der Waals surface area contributed by atoms with Gasteiger partial charge in [-0.15, -0.1) is 12.6 Å². The van der Waals surface area contributed by atoms with E-state index in [-0.39, 0.29) is 11.1 Å². The Bertz CT molecular complexity index is 966. The van der Waals surface area contributed by atoms with Gasteiger partial charge in [-0.3, -0.25) is 0 Å². The largest absolute Gasteiger partial charge is 0.474 e. The van der Waals surface area contributed by atoms with Crippen LogP contribution >= 0.6 is 12.6 Å². The minimum absolute atomic E-state index is 0.00587. The number of hydrogen-bond acceptors (Lipinski definition) is 4. The van der Waals surface area contributed by atoms with Gasteiger partial charge in [-0.2, -0.15) is 0 Å². The lowest BCUT2D eigenvalue weighted by atomic mass is 10.2. The van der Waals surface area contributed by atoms with Gasteiger partial charge in [0.1, 0.15) is 0 Å². The van der Waals surface area contributed by atoms with Crippen molar-refractivity contribution in [1.29, 1.82) is 0 Å². The van der Waals surface area contributed by atoms with Gasteiger partial charge in [0.25, 0.3) is 8.32 Å². The van der Waals surface area contributed by atoms with Crippen LogP contribution in [0.15, 0.2) is 77.7 Å². The number of thiol groups is 1. The summed E-state index contributed by atoms with van der Waals surface area (Å²) in [7, 11) is -2.45. The first-order chi connectivity index (χ1) is 15.7. The highest BCUT2D eigenvalue weighted by Gasteiger charge is 2.49. The van der Waals surface area contributed by atoms with E-state index in [0.717, 1.165) is 36.5 Å². The molecule has 0 saturated carbocycles. The van der Waals surface area contributed by atoms with Crippen molar-refractivity contribution in [2.45, 2.75) is 69.9 Å². The fourth-order valence-electron chi connectivity index (χ4n) is 4.38. The highest BCUT2D eigenvalue weighted by atomic mass is 32.1. The second kappa shape index (κ2) is 11.4. The van der Waals surface area contributed by atoms with Crippen LogP contribution in [0.2, 0.25) is 5.04 Å². The molecule has 3 nitrogen and oxygen atoms in total. The first-order valence-electron chi connectivity index (χ1n) is 11.8. The van der Waals surface area contributed by atoms with Crippen LogP contribution < -0.4 is 15.1 Å². The summed E-state index contributed by atoms with van der Waals surface area (Å²) in [6.45, 7) is 11.8. The van der Waals surface area contributed by atoms with Crippen LogP contribution in [0.4, 0.5) is 0 Å². The van der Waals surface area contributed by atoms with Gasteiger partial charge >= 0.3 is 0 Å². The minimum atomic E-state index is -2.45. The standard InChI is InChI=1S/C28H37NO2SSi/c1-22-19-20-26(32)27(29-22)31-23(2)14-12-13-21-30-33(28(3,4)5,24-15-8-6-9-16-24)25-17-10-7-11-18-25/h6-11,15-20,23,32H,12-14,21H2,1-5H3/t23-/m1/s1. The highest BCUT2D eigenvalue weighted by Crippen LogP contribution is 2.36. The maximum Gasteiger partial charge on any atom is 0.261 e. The molecule has 176 valence electrons. The van der Waals surface area contributed by atoms with Gasteiger partial charge in [-0.05, 0) is 60.7 Å². The Kier molecular flexibility index (Phi) is 8.80. The zero-order valence-electron chi connectivity index (χ0n) is 20.5. The molecule has 1 aromatic heterocycles. The van der Waals surface area contributed by atoms with E-state index in [1.807, 2.05) is 19.1 Å². The number of ether oxygens (including phenoxy) is 1. The number of nitrogens with zero attached hydrogens (tertiary/aromatic N) is 1. The summed E-state index contributed by atoms with van der Waals surface area (Å²) >= 11 is 4.47. The fraction of sp³-hybridized carbons (Fsp3) is 0.393. The lowest BCUT2D eigenvalue weighted by Crippen LogP contribution is -2.66. The lowest BCUT2D eigenvalue weighted by molar-refractivity contribution is 0.188. The Labute approximate surface area is 206 Å². The summed E-state index contributed by atoms with van der Waals surface area (Å²) in [4.78, 5) is 5.25. The van der Waals surface area contributed by atoms with Gasteiger partial charge in [0.15, 0.2) is 0 Å². The molecule has 0 amide bonds. The van der Waals surface area contributed by atoms with Gasteiger partial charge in [0.2, 0.25) is 5.88 Å². The monoisotopic (exact) mass is 479 g/mol. The van der Waals surface area contributed by atoms with E-state index in [1.165, 1.54) is 10.4 Å². The number of unbranched alkanes of at least 4 members (excludes halogenated alkanes) is 1. The van der Waals surface area contributed by atoms with Crippen LogP contribution in [0.5, 0.6) is 5.88 Å². The number of rotatable bonds is 10. The highest BCUT2D eigenvalue weighted by molar-refractivity contribution is 7.80. The van der Waals surface area contributed by atoms with Crippen molar-refractivity contribution < 1.29 is 9.16 Å². The summed E-state index contributed by atoms with van der Waals surface area (Å²) in [6.07, 6.45) is 3.06. The van der Waals surface area contributed by atoms with Crippen molar-refractivity contribution >= 4 is 31.3 Å². The molecular weight excluding hydrogens is 442 g/mol. The Morgan fingerprint density at radius 1 is 0.879 bits per heavy atom. The molecule has 0 aliphatic rings. The summed E-state index contributed by atoms with van der Waals surface area (Å²) in [5.41, 5.74) is 0.939. The molecule has 33 heavy (non-hydrogen) atoms. The molecule has 0 unspecified atom stereocenters. The Morgan fingerprint density at radius 3 is 2.00 bits per heavy atom. The van der Waals surface area contributed by atoms with E-state index >= 15 is 0 Å². The Hall–Kier alpha value is -2.08. The molecule has 0 aliphatic heterocycles. The maximum absolute atomic E-state index is 6.97. The van der Waals surface area contributed by atoms with E-state index in [0.29, 0.717) is 5.88 Å². The van der Waals surface area contributed by atoms with Crippen molar-refractivity contribution in [3.05, 3.63) is 78.5 Å². The van der Waals surface area contributed by atoms with Crippen molar-refractivity contribution in [2.24, 2.45) is 0 Å². The van der Waals surface area contributed by atoms with Crippen molar-refractivity contribution in [3.8, 4) is 5.88 Å². The molecular formula is C28H37NO2SSi. The predicted molar refractivity (Wildman–Crippen MR) is 144 cm³/mol. The molecule has 2 aromatic carbocycles. The minimum Gasteiger partial charge on any atom is -0.474 e. The van der Waals surface area contributed by atoms with Gasteiger partial charge < -0.3 is 9.16 Å². The second-order valence-corrected chi connectivity index (χ2v) is 14.5. The van der Waals surface area contributed by atoms with Crippen LogP contribution in [0.3, 0.4) is 0 Å². The van der Waals surface area contributed by atoms with E-state index < -0.39 is 8.32 Å².